The summed E-state index contributed by atoms with van der Waals surface area (Å²) in [6.07, 6.45) is -4.90. The molecule has 13 heteroatoms. The van der Waals surface area contributed by atoms with Crippen LogP contribution in [0.1, 0.15) is 19.4 Å². The van der Waals surface area contributed by atoms with Crippen molar-refractivity contribution in [2.45, 2.75) is 24.9 Å². The standard InChI is InChI=1S/C15H12F4N6O2S.C2H6/c16-11-6-8(22-14-23-13(20)24-25-14)5-10(15(17,18)19)12(11)7-1-3-9(4-2-7)28(21,26)27;1-2/h1-6H,(H2,21,26,27)(H4,20,22,23,24,25);1-2H3. The lowest BCUT2D eigenvalue weighted by molar-refractivity contribution is -0.137. The molecule has 0 amide bonds. The van der Waals surface area contributed by atoms with Crippen molar-refractivity contribution < 1.29 is 26.0 Å². The van der Waals surface area contributed by atoms with E-state index in [0.717, 1.165) is 30.3 Å². The van der Waals surface area contributed by atoms with Crippen molar-refractivity contribution in [3.63, 3.8) is 0 Å². The molecule has 1 heterocycles. The number of primary sulfonamides is 1. The van der Waals surface area contributed by atoms with Gasteiger partial charge in [0.2, 0.25) is 21.9 Å². The second-order valence-electron chi connectivity index (χ2n) is 5.62. The lowest BCUT2D eigenvalue weighted by Gasteiger charge is -2.16. The number of H-pyrrole nitrogens is 1. The third kappa shape index (κ3) is 5.24. The van der Waals surface area contributed by atoms with Crippen molar-refractivity contribution in [3.05, 3.63) is 47.8 Å². The van der Waals surface area contributed by atoms with Crippen LogP contribution in [-0.4, -0.2) is 23.6 Å². The lowest BCUT2D eigenvalue weighted by atomic mass is 9.98. The molecule has 0 aliphatic carbocycles. The Kier molecular flexibility index (Phi) is 6.67. The molecule has 0 unspecified atom stereocenters. The Hall–Kier alpha value is -3.19. The smallest absolute Gasteiger partial charge is 0.368 e. The molecule has 0 saturated heterocycles. The van der Waals surface area contributed by atoms with E-state index in [0.29, 0.717) is 6.07 Å². The number of alkyl halides is 3. The fourth-order valence-electron chi connectivity index (χ4n) is 2.47. The van der Waals surface area contributed by atoms with E-state index >= 15 is 0 Å². The van der Waals surface area contributed by atoms with E-state index in [-0.39, 0.29) is 28.0 Å². The summed E-state index contributed by atoms with van der Waals surface area (Å²) < 4.78 is 77.8. The third-order valence-electron chi connectivity index (χ3n) is 3.63. The summed E-state index contributed by atoms with van der Waals surface area (Å²) in [6.45, 7) is 4.00. The molecule has 3 rings (SSSR count). The van der Waals surface area contributed by atoms with Gasteiger partial charge >= 0.3 is 6.18 Å². The van der Waals surface area contributed by atoms with Crippen molar-refractivity contribution in [3.8, 4) is 11.1 Å². The molecule has 0 atom stereocenters. The first-order valence-corrected chi connectivity index (χ1v) is 9.98. The molecule has 6 N–H and O–H groups in total. The zero-order valence-electron chi connectivity index (χ0n) is 15.7. The number of hydrogen-bond acceptors (Lipinski definition) is 6. The minimum atomic E-state index is -4.90. The zero-order chi connectivity index (χ0) is 22.7. The number of halogens is 4. The van der Waals surface area contributed by atoms with Crippen molar-refractivity contribution >= 4 is 27.6 Å². The predicted molar refractivity (Wildman–Crippen MR) is 104 cm³/mol. The van der Waals surface area contributed by atoms with Crippen LogP contribution in [0.25, 0.3) is 11.1 Å². The molecule has 0 aliphatic rings. The van der Waals surface area contributed by atoms with E-state index in [2.05, 4.69) is 20.5 Å². The molecule has 0 fully saturated rings. The van der Waals surface area contributed by atoms with Crippen LogP contribution in [0.5, 0.6) is 0 Å². The minimum absolute atomic E-state index is 0.0782. The molecule has 0 spiro atoms. The molecule has 30 heavy (non-hydrogen) atoms. The average Bonchev–Trinajstić information content (AvgIpc) is 3.06. The fraction of sp³-hybridized carbons (Fsp3) is 0.176. The number of hydrogen-bond donors (Lipinski definition) is 4. The van der Waals surface area contributed by atoms with Crippen LogP contribution in [0.15, 0.2) is 41.3 Å². The SMILES string of the molecule is CC.Nc1nc(Nc2cc(F)c(-c3ccc(S(N)(=O)=O)cc3)c(C(F)(F)F)c2)n[nH]1. The third-order valence-corrected chi connectivity index (χ3v) is 4.56. The number of sulfonamides is 1. The number of nitrogens with one attached hydrogen (secondary N) is 2. The van der Waals surface area contributed by atoms with Crippen LogP contribution in [0, 0.1) is 5.82 Å². The summed E-state index contributed by atoms with van der Waals surface area (Å²) in [5, 5.41) is 13.3. The summed E-state index contributed by atoms with van der Waals surface area (Å²) in [7, 11) is -4.04. The molecular formula is C17H18F4N6O2S. The van der Waals surface area contributed by atoms with Crippen LogP contribution in [0.4, 0.5) is 35.1 Å². The molecule has 0 aliphatic heterocycles. The van der Waals surface area contributed by atoms with Gasteiger partial charge in [0.15, 0.2) is 0 Å². The molecule has 2 aromatic carbocycles. The molecule has 8 nitrogen and oxygen atoms in total. The van der Waals surface area contributed by atoms with Crippen molar-refractivity contribution in [1.29, 1.82) is 0 Å². The molecule has 0 bridgehead atoms. The van der Waals surface area contributed by atoms with Crippen LogP contribution in [-0.2, 0) is 16.2 Å². The number of aromatic nitrogens is 3. The van der Waals surface area contributed by atoms with Crippen LogP contribution in [0.2, 0.25) is 0 Å². The number of anilines is 3. The zero-order valence-corrected chi connectivity index (χ0v) is 16.6. The van der Waals surface area contributed by atoms with Gasteiger partial charge in [-0.15, -0.1) is 5.10 Å². The van der Waals surface area contributed by atoms with E-state index in [1.54, 1.807) is 0 Å². The highest BCUT2D eigenvalue weighted by molar-refractivity contribution is 7.89. The van der Waals surface area contributed by atoms with Gasteiger partial charge in [-0.2, -0.15) is 18.2 Å². The van der Waals surface area contributed by atoms with E-state index < -0.39 is 33.1 Å². The second-order valence-corrected chi connectivity index (χ2v) is 7.18. The quantitative estimate of drug-likeness (QED) is 0.451. The van der Waals surface area contributed by atoms with Gasteiger partial charge in [0.1, 0.15) is 5.82 Å². The Morgan fingerprint density at radius 2 is 1.70 bits per heavy atom. The van der Waals surface area contributed by atoms with Crippen molar-refractivity contribution in [2.24, 2.45) is 5.14 Å². The second kappa shape index (κ2) is 8.67. The Morgan fingerprint density at radius 1 is 1.10 bits per heavy atom. The Balaban J connectivity index is 0.00000155. The molecule has 0 radical (unpaired) electrons. The van der Waals surface area contributed by atoms with E-state index in [1.807, 2.05) is 13.8 Å². The summed E-state index contributed by atoms with van der Waals surface area (Å²) in [4.78, 5) is 3.35. The van der Waals surface area contributed by atoms with Crippen molar-refractivity contribution in [2.75, 3.05) is 11.1 Å². The van der Waals surface area contributed by atoms with Gasteiger partial charge in [-0.3, -0.25) is 0 Å². The van der Waals surface area contributed by atoms with E-state index in [1.165, 1.54) is 0 Å². The fourth-order valence-corrected chi connectivity index (χ4v) is 2.98. The highest BCUT2D eigenvalue weighted by Gasteiger charge is 2.36. The van der Waals surface area contributed by atoms with Gasteiger partial charge in [0.25, 0.3) is 0 Å². The van der Waals surface area contributed by atoms with Gasteiger partial charge < -0.3 is 11.1 Å². The average molecular weight is 446 g/mol. The Labute approximate surface area is 169 Å². The number of nitrogens with zero attached hydrogens (tertiary/aromatic N) is 2. The summed E-state index contributed by atoms with van der Waals surface area (Å²) in [5.41, 5.74) is 2.88. The first kappa shape index (κ1) is 23.1. The van der Waals surface area contributed by atoms with Gasteiger partial charge in [-0.05, 0) is 29.8 Å². The van der Waals surface area contributed by atoms with Crippen molar-refractivity contribution in [1.82, 2.24) is 15.2 Å². The normalized spacial score (nSPS) is 11.6. The first-order chi connectivity index (χ1) is 13.9. The highest BCUT2D eigenvalue weighted by atomic mass is 32.2. The maximum Gasteiger partial charge on any atom is 0.417 e. The van der Waals surface area contributed by atoms with Gasteiger partial charge in [-0.25, -0.2) is 23.0 Å². The monoisotopic (exact) mass is 446 g/mol. The molecule has 3 aromatic rings. The molecule has 0 saturated carbocycles. The number of nitrogens with two attached hydrogens (primary N) is 2. The first-order valence-electron chi connectivity index (χ1n) is 8.44. The molecule has 1 aromatic heterocycles. The maximum atomic E-state index is 14.6. The van der Waals surface area contributed by atoms with Gasteiger partial charge in [0, 0.05) is 11.3 Å². The van der Waals surface area contributed by atoms with E-state index in [4.69, 9.17) is 10.9 Å². The van der Waals surface area contributed by atoms with Crippen LogP contribution < -0.4 is 16.2 Å². The number of benzene rings is 2. The predicted octanol–water partition coefficient (Wildman–Crippen LogP) is 3.63. The largest absolute Gasteiger partial charge is 0.417 e. The van der Waals surface area contributed by atoms with Gasteiger partial charge in [0.05, 0.1) is 10.5 Å². The van der Waals surface area contributed by atoms with Crippen LogP contribution in [0.3, 0.4) is 0 Å². The summed E-state index contributed by atoms with van der Waals surface area (Å²) in [6, 6.07) is 5.57. The number of rotatable bonds is 4. The lowest BCUT2D eigenvalue weighted by Crippen LogP contribution is -2.12. The summed E-state index contributed by atoms with van der Waals surface area (Å²) >= 11 is 0. The molecular weight excluding hydrogens is 428 g/mol. The summed E-state index contributed by atoms with van der Waals surface area (Å²) in [5.74, 6) is -1.41. The topological polar surface area (TPSA) is 140 Å². The van der Waals surface area contributed by atoms with Crippen LogP contribution >= 0.6 is 0 Å². The molecule has 162 valence electrons. The van der Waals surface area contributed by atoms with Gasteiger partial charge in [-0.1, -0.05) is 26.0 Å². The minimum Gasteiger partial charge on any atom is -0.368 e. The van der Waals surface area contributed by atoms with E-state index in [9.17, 15) is 26.0 Å². The maximum absolute atomic E-state index is 14.6. The highest BCUT2D eigenvalue weighted by Crippen LogP contribution is 2.40. The number of nitrogen functional groups attached to an aromatic ring is 1. The Morgan fingerprint density at radius 3 is 2.17 bits per heavy atom. The Bertz CT molecular complexity index is 1130. The number of aromatic amines is 1.